The summed E-state index contributed by atoms with van der Waals surface area (Å²) in [5.41, 5.74) is 0.546. The Bertz CT molecular complexity index is 987. The number of carbonyl (C=O) groups is 1. The Morgan fingerprint density at radius 2 is 1.37 bits per heavy atom. The summed E-state index contributed by atoms with van der Waals surface area (Å²) in [6.07, 6.45) is 5.49. The molecule has 0 unspecified atom stereocenters. The van der Waals surface area contributed by atoms with Gasteiger partial charge in [0, 0.05) is 17.2 Å². The van der Waals surface area contributed by atoms with E-state index in [1.165, 1.54) is 50.6 Å². The fourth-order valence-corrected chi connectivity index (χ4v) is 2.43. The standard InChI is InChI=1S/C21H17BF4O4/c1-28-20-9-5-16(23)11-14(20)3-7-18(27)13-19(30-22(25)26)8-4-15-12-17(24)6-10-21(15)29-2/h3-13H,1-2H3/b7-3+,8-4+,19-13-. The van der Waals surface area contributed by atoms with E-state index >= 15 is 0 Å². The Morgan fingerprint density at radius 3 is 1.83 bits per heavy atom. The van der Waals surface area contributed by atoms with Crippen molar-refractivity contribution in [2.45, 2.75) is 0 Å². The van der Waals surface area contributed by atoms with Crippen LogP contribution in [0, 0.1) is 11.6 Å². The average molecular weight is 420 g/mol. The zero-order valence-corrected chi connectivity index (χ0v) is 16.1. The Balaban J connectivity index is 2.27. The first-order valence-corrected chi connectivity index (χ1v) is 8.56. The van der Waals surface area contributed by atoms with Crippen molar-refractivity contribution in [1.29, 1.82) is 0 Å². The highest BCUT2D eigenvalue weighted by Gasteiger charge is 2.18. The third-order valence-corrected chi connectivity index (χ3v) is 3.75. The molecule has 156 valence electrons. The Kier molecular flexibility index (Phi) is 8.28. The molecule has 2 rings (SSSR count). The largest absolute Gasteiger partial charge is 0.796 e. The lowest BCUT2D eigenvalue weighted by molar-refractivity contribution is -0.110. The molecule has 0 N–H and O–H groups in total. The van der Waals surface area contributed by atoms with Crippen molar-refractivity contribution in [3.8, 4) is 11.5 Å². The molecule has 9 heteroatoms. The van der Waals surface area contributed by atoms with E-state index < -0.39 is 30.6 Å². The summed E-state index contributed by atoms with van der Waals surface area (Å²) in [5.74, 6) is -1.63. The summed E-state index contributed by atoms with van der Waals surface area (Å²) in [4.78, 5) is 12.1. The summed E-state index contributed by atoms with van der Waals surface area (Å²) < 4.78 is 66.7. The lowest BCUT2D eigenvalue weighted by atomic mass is 10.1. The molecule has 0 atom stereocenters. The Hall–Kier alpha value is -3.49. The van der Waals surface area contributed by atoms with Crippen LogP contribution in [-0.2, 0) is 9.45 Å². The number of methoxy groups -OCH3 is 2. The van der Waals surface area contributed by atoms with Crippen LogP contribution in [0.25, 0.3) is 12.2 Å². The van der Waals surface area contributed by atoms with Crippen LogP contribution in [0.15, 0.2) is 60.4 Å². The number of carbonyl (C=O) groups excluding carboxylic acids is 1. The lowest BCUT2D eigenvalue weighted by Crippen LogP contribution is -2.05. The van der Waals surface area contributed by atoms with Gasteiger partial charge in [-0.1, -0.05) is 0 Å². The van der Waals surface area contributed by atoms with Crippen LogP contribution in [0.4, 0.5) is 17.4 Å². The van der Waals surface area contributed by atoms with E-state index in [0.717, 1.165) is 30.4 Å². The highest BCUT2D eigenvalue weighted by atomic mass is 19.2. The van der Waals surface area contributed by atoms with Crippen LogP contribution in [0.2, 0.25) is 0 Å². The van der Waals surface area contributed by atoms with Gasteiger partial charge in [0.15, 0.2) is 5.78 Å². The van der Waals surface area contributed by atoms with Crippen LogP contribution < -0.4 is 9.47 Å². The number of ether oxygens (including phenoxy) is 2. The van der Waals surface area contributed by atoms with Gasteiger partial charge >= 0.3 is 7.47 Å². The van der Waals surface area contributed by atoms with Gasteiger partial charge in [-0.05, 0) is 60.7 Å². The van der Waals surface area contributed by atoms with Gasteiger partial charge in [0.2, 0.25) is 0 Å². The van der Waals surface area contributed by atoms with Gasteiger partial charge in [-0.15, -0.1) is 0 Å². The van der Waals surface area contributed by atoms with Gasteiger partial charge < -0.3 is 14.1 Å². The van der Waals surface area contributed by atoms with Crippen molar-refractivity contribution in [3.05, 3.63) is 83.1 Å². The monoisotopic (exact) mass is 420 g/mol. The number of benzene rings is 2. The molecule has 0 spiro atoms. The molecule has 0 bridgehead atoms. The lowest BCUT2D eigenvalue weighted by Gasteiger charge is -2.06. The van der Waals surface area contributed by atoms with Crippen LogP contribution in [0.5, 0.6) is 11.5 Å². The highest BCUT2D eigenvalue weighted by Crippen LogP contribution is 2.22. The van der Waals surface area contributed by atoms with E-state index in [1.54, 1.807) is 0 Å². The first-order chi connectivity index (χ1) is 14.3. The van der Waals surface area contributed by atoms with Crippen molar-refractivity contribution in [3.63, 3.8) is 0 Å². The van der Waals surface area contributed by atoms with Gasteiger partial charge in [-0.2, -0.15) is 0 Å². The van der Waals surface area contributed by atoms with E-state index in [0.29, 0.717) is 11.5 Å². The molecule has 0 aromatic heterocycles. The summed E-state index contributed by atoms with van der Waals surface area (Å²) in [6, 6.07) is 7.41. The second kappa shape index (κ2) is 10.9. The molecular weight excluding hydrogens is 403 g/mol. The van der Waals surface area contributed by atoms with Crippen molar-refractivity contribution >= 4 is 25.4 Å². The van der Waals surface area contributed by atoms with Gasteiger partial charge in [0.1, 0.15) is 28.9 Å². The Labute approximate surface area is 171 Å². The Morgan fingerprint density at radius 1 is 0.867 bits per heavy atom. The smallest absolute Gasteiger partial charge is 0.505 e. The minimum Gasteiger partial charge on any atom is -0.505 e. The third-order valence-electron chi connectivity index (χ3n) is 3.75. The molecule has 4 nitrogen and oxygen atoms in total. The van der Waals surface area contributed by atoms with Crippen LogP contribution in [0.3, 0.4) is 0 Å². The number of allylic oxidation sites excluding steroid dienone is 3. The van der Waals surface area contributed by atoms with E-state index in [2.05, 4.69) is 4.65 Å². The topological polar surface area (TPSA) is 44.8 Å². The second-order valence-electron chi connectivity index (χ2n) is 5.77. The SMILES string of the molecule is COc1ccc(F)cc1/C=C/C(=O)/C=C(/C=C/c1cc(F)ccc1OC)OB(F)F. The van der Waals surface area contributed by atoms with Gasteiger partial charge in [0.05, 0.1) is 14.2 Å². The number of hydrogen-bond acceptors (Lipinski definition) is 4. The van der Waals surface area contributed by atoms with E-state index in [-0.39, 0.29) is 11.1 Å². The fourth-order valence-electron chi connectivity index (χ4n) is 2.43. The molecule has 2 aromatic carbocycles. The van der Waals surface area contributed by atoms with E-state index in [9.17, 15) is 22.2 Å². The van der Waals surface area contributed by atoms with Gasteiger partial charge in [-0.25, -0.2) is 17.4 Å². The second-order valence-corrected chi connectivity index (χ2v) is 5.77. The third kappa shape index (κ3) is 6.84. The maximum atomic E-state index is 13.4. The maximum absolute atomic E-state index is 13.4. The summed E-state index contributed by atoms with van der Waals surface area (Å²) in [7, 11) is -0.436. The van der Waals surface area contributed by atoms with Gasteiger partial charge in [0.25, 0.3) is 0 Å². The van der Waals surface area contributed by atoms with Crippen molar-refractivity contribution in [1.82, 2.24) is 0 Å². The molecule has 0 aliphatic rings. The summed E-state index contributed by atoms with van der Waals surface area (Å²) >= 11 is 0. The van der Waals surface area contributed by atoms with Crippen molar-refractivity contribution in [2.75, 3.05) is 14.2 Å². The van der Waals surface area contributed by atoms with Crippen LogP contribution >= 0.6 is 0 Å². The highest BCUT2D eigenvalue weighted by molar-refractivity contribution is 6.35. The first-order valence-electron chi connectivity index (χ1n) is 8.56. The summed E-state index contributed by atoms with van der Waals surface area (Å²) in [5, 5.41) is 0. The molecule has 0 amide bonds. The zero-order valence-electron chi connectivity index (χ0n) is 16.1. The summed E-state index contributed by atoms with van der Waals surface area (Å²) in [6.45, 7) is 0. The van der Waals surface area contributed by atoms with Crippen LogP contribution in [0.1, 0.15) is 11.1 Å². The molecule has 0 aliphatic carbocycles. The minimum atomic E-state index is -3.18. The minimum absolute atomic E-state index is 0.258. The number of halogens is 4. The zero-order chi connectivity index (χ0) is 22.1. The molecule has 0 fully saturated rings. The molecule has 2 aromatic rings. The quantitative estimate of drug-likeness (QED) is 0.186. The van der Waals surface area contributed by atoms with Crippen LogP contribution in [-0.4, -0.2) is 27.5 Å². The fraction of sp³-hybridized carbons (Fsp3) is 0.0952. The first kappa shape index (κ1) is 22.8. The normalized spacial score (nSPS) is 11.7. The molecule has 30 heavy (non-hydrogen) atoms. The van der Waals surface area contributed by atoms with E-state index in [4.69, 9.17) is 9.47 Å². The van der Waals surface area contributed by atoms with Crippen molar-refractivity contribution in [2.24, 2.45) is 0 Å². The molecular formula is C21H17BF4O4. The molecule has 0 saturated carbocycles. The molecule has 0 aliphatic heterocycles. The molecule has 0 radical (unpaired) electrons. The predicted molar refractivity (Wildman–Crippen MR) is 106 cm³/mol. The maximum Gasteiger partial charge on any atom is 0.796 e. The number of hydrogen-bond donors (Lipinski definition) is 0. The van der Waals surface area contributed by atoms with Gasteiger partial charge in [-0.3, -0.25) is 4.79 Å². The average Bonchev–Trinajstić information content (AvgIpc) is 2.70. The number of rotatable bonds is 9. The predicted octanol–water partition coefficient (Wildman–Crippen LogP) is 5.10. The molecule has 0 saturated heterocycles. The van der Waals surface area contributed by atoms with Crippen molar-refractivity contribution < 1.29 is 36.3 Å². The van der Waals surface area contributed by atoms with E-state index in [1.807, 2.05) is 0 Å². The molecule has 0 heterocycles. The number of ketones is 1.